The maximum Gasteiger partial charge on any atom is 0.246 e. The first-order chi connectivity index (χ1) is 12.4. The van der Waals surface area contributed by atoms with Gasteiger partial charge in [-0.25, -0.2) is 8.42 Å². The van der Waals surface area contributed by atoms with Gasteiger partial charge >= 0.3 is 0 Å². The molecule has 2 heterocycles. The van der Waals surface area contributed by atoms with Crippen LogP contribution in [0.25, 0.3) is 5.57 Å². The molecule has 2 aliphatic rings. The van der Waals surface area contributed by atoms with Gasteiger partial charge in [0.15, 0.2) is 9.84 Å². The number of carbonyl (C=O) groups excluding carboxylic acids is 2. The molecular weight excluding hydrogens is 352 g/mol. The van der Waals surface area contributed by atoms with Gasteiger partial charge in [-0.05, 0) is 24.5 Å². The number of hydrogen-bond acceptors (Lipinski definition) is 4. The van der Waals surface area contributed by atoms with Crippen LogP contribution in [0, 0.1) is 5.92 Å². The van der Waals surface area contributed by atoms with Crippen molar-refractivity contribution in [1.82, 2.24) is 9.80 Å². The van der Waals surface area contributed by atoms with E-state index in [2.05, 4.69) is 0 Å². The SMILES string of the molecule is C/C(=C\C(=O)N1CCN(C(=O)[C@@H]2CCS(=O)(=O)C2)CC1)c1ccccc1. The molecule has 6 nitrogen and oxygen atoms in total. The molecule has 0 aromatic heterocycles. The highest BCUT2D eigenvalue weighted by atomic mass is 32.2. The van der Waals surface area contributed by atoms with Gasteiger partial charge < -0.3 is 9.80 Å². The standard InChI is InChI=1S/C19H24N2O4S/c1-15(16-5-3-2-4-6-16)13-18(22)20-8-10-21(11-9-20)19(23)17-7-12-26(24,25)14-17/h2-6,13,17H,7-12,14H2,1H3/b15-13+/t17-/m1/s1. The smallest absolute Gasteiger partial charge is 0.246 e. The average molecular weight is 376 g/mol. The fourth-order valence-corrected chi connectivity index (χ4v) is 5.19. The minimum Gasteiger partial charge on any atom is -0.339 e. The summed E-state index contributed by atoms with van der Waals surface area (Å²) in [6, 6.07) is 9.73. The van der Waals surface area contributed by atoms with Crippen LogP contribution < -0.4 is 0 Å². The van der Waals surface area contributed by atoms with Gasteiger partial charge in [0.2, 0.25) is 11.8 Å². The van der Waals surface area contributed by atoms with Crippen molar-refractivity contribution in [2.75, 3.05) is 37.7 Å². The Morgan fingerprint density at radius 2 is 1.65 bits per heavy atom. The Hall–Kier alpha value is -2.15. The first-order valence-electron chi connectivity index (χ1n) is 8.87. The van der Waals surface area contributed by atoms with E-state index in [0.717, 1.165) is 11.1 Å². The van der Waals surface area contributed by atoms with Crippen molar-refractivity contribution in [2.24, 2.45) is 5.92 Å². The van der Waals surface area contributed by atoms with E-state index in [4.69, 9.17) is 0 Å². The Labute approximate surface area is 154 Å². The van der Waals surface area contributed by atoms with Gasteiger partial charge in [0.1, 0.15) is 0 Å². The number of amides is 2. The molecular formula is C19H24N2O4S. The molecule has 0 saturated carbocycles. The van der Waals surface area contributed by atoms with Crippen molar-refractivity contribution in [1.29, 1.82) is 0 Å². The molecule has 26 heavy (non-hydrogen) atoms. The molecule has 1 atom stereocenters. The predicted octanol–water partition coefficient (Wildman–Crippen LogP) is 1.20. The molecule has 3 rings (SSSR count). The van der Waals surface area contributed by atoms with Crippen LogP contribution in [0.1, 0.15) is 18.9 Å². The van der Waals surface area contributed by atoms with Crippen LogP contribution >= 0.6 is 0 Å². The normalized spacial score (nSPS) is 23.1. The van der Waals surface area contributed by atoms with E-state index in [9.17, 15) is 18.0 Å². The first-order valence-corrected chi connectivity index (χ1v) is 10.7. The molecule has 0 N–H and O–H groups in total. The van der Waals surface area contributed by atoms with Gasteiger partial charge in [-0.1, -0.05) is 30.3 Å². The lowest BCUT2D eigenvalue weighted by Crippen LogP contribution is -2.51. The number of piperazine rings is 1. The molecule has 2 aliphatic heterocycles. The van der Waals surface area contributed by atoms with Crippen LogP contribution in [-0.2, 0) is 19.4 Å². The topological polar surface area (TPSA) is 74.8 Å². The molecule has 1 aromatic carbocycles. The summed E-state index contributed by atoms with van der Waals surface area (Å²) in [5.74, 6) is -0.492. The van der Waals surface area contributed by atoms with Crippen LogP contribution in [0.15, 0.2) is 36.4 Å². The lowest BCUT2D eigenvalue weighted by Gasteiger charge is -2.35. The van der Waals surface area contributed by atoms with Crippen LogP contribution in [0.5, 0.6) is 0 Å². The monoisotopic (exact) mass is 376 g/mol. The van der Waals surface area contributed by atoms with E-state index in [1.807, 2.05) is 37.3 Å². The maximum absolute atomic E-state index is 12.5. The largest absolute Gasteiger partial charge is 0.339 e. The van der Waals surface area contributed by atoms with Gasteiger partial charge in [-0.3, -0.25) is 9.59 Å². The second-order valence-electron chi connectivity index (χ2n) is 6.94. The summed E-state index contributed by atoms with van der Waals surface area (Å²) >= 11 is 0. The third kappa shape index (κ3) is 4.33. The van der Waals surface area contributed by atoms with Crippen molar-refractivity contribution in [3.8, 4) is 0 Å². The molecule has 0 spiro atoms. The van der Waals surface area contributed by atoms with Crippen LogP contribution in [0.2, 0.25) is 0 Å². The third-order valence-electron chi connectivity index (χ3n) is 5.05. The van der Waals surface area contributed by atoms with E-state index in [1.54, 1.807) is 15.9 Å². The van der Waals surface area contributed by atoms with E-state index in [-0.39, 0.29) is 23.3 Å². The Kier molecular flexibility index (Phi) is 5.46. The lowest BCUT2D eigenvalue weighted by atomic mass is 10.1. The summed E-state index contributed by atoms with van der Waals surface area (Å²) in [6.45, 7) is 3.78. The molecule has 0 radical (unpaired) electrons. The van der Waals surface area contributed by atoms with E-state index < -0.39 is 15.8 Å². The highest BCUT2D eigenvalue weighted by molar-refractivity contribution is 7.91. The zero-order valence-electron chi connectivity index (χ0n) is 14.9. The number of benzene rings is 1. The van der Waals surface area contributed by atoms with Crippen molar-refractivity contribution in [2.45, 2.75) is 13.3 Å². The summed E-state index contributed by atoms with van der Waals surface area (Å²) in [5, 5.41) is 0. The molecule has 2 amide bonds. The number of allylic oxidation sites excluding steroid dienone is 1. The minimum absolute atomic E-state index is 0.0377. The van der Waals surface area contributed by atoms with Crippen LogP contribution in [0.4, 0.5) is 0 Å². The average Bonchev–Trinajstić information content (AvgIpc) is 3.01. The van der Waals surface area contributed by atoms with Crippen LogP contribution in [0.3, 0.4) is 0 Å². The second kappa shape index (κ2) is 7.61. The highest BCUT2D eigenvalue weighted by Crippen LogP contribution is 2.21. The number of nitrogens with zero attached hydrogens (tertiary/aromatic N) is 2. The molecule has 2 saturated heterocycles. The predicted molar refractivity (Wildman–Crippen MR) is 100 cm³/mol. The van der Waals surface area contributed by atoms with Gasteiger partial charge in [-0.15, -0.1) is 0 Å². The Morgan fingerprint density at radius 1 is 1.04 bits per heavy atom. The number of carbonyl (C=O) groups is 2. The lowest BCUT2D eigenvalue weighted by molar-refractivity contribution is -0.139. The summed E-state index contributed by atoms with van der Waals surface area (Å²) in [6.07, 6.45) is 2.05. The molecule has 1 aromatic rings. The van der Waals surface area contributed by atoms with E-state index in [0.29, 0.717) is 32.6 Å². The van der Waals surface area contributed by atoms with Crippen molar-refractivity contribution in [3.63, 3.8) is 0 Å². The zero-order valence-corrected chi connectivity index (χ0v) is 15.7. The fourth-order valence-electron chi connectivity index (χ4n) is 3.46. The van der Waals surface area contributed by atoms with Crippen molar-refractivity contribution < 1.29 is 18.0 Å². The second-order valence-corrected chi connectivity index (χ2v) is 9.17. The molecule has 0 bridgehead atoms. The van der Waals surface area contributed by atoms with Crippen molar-refractivity contribution in [3.05, 3.63) is 42.0 Å². The molecule has 140 valence electrons. The zero-order chi connectivity index (χ0) is 18.7. The number of rotatable bonds is 3. The number of sulfone groups is 1. The van der Waals surface area contributed by atoms with Gasteiger partial charge in [0.25, 0.3) is 0 Å². The molecule has 7 heteroatoms. The highest BCUT2D eigenvalue weighted by Gasteiger charge is 2.36. The minimum atomic E-state index is -3.06. The summed E-state index contributed by atoms with van der Waals surface area (Å²) in [4.78, 5) is 28.4. The summed E-state index contributed by atoms with van der Waals surface area (Å²) in [7, 11) is -3.06. The van der Waals surface area contributed by atoms with E-state index in [1.165, 1.54) is 0 Å². The molecule has 2 fully saturated rings. The van der Waals surface area contributed by atoms with Gasteiger partial charge in [0, 0.05) is 32.3 Å². The fraction of sp³-hybridized carbons (Fsp3) is 0.474. The Morgan fingerprint density at radius 3 is 2.23 bits per heavy atom. The Balaban J connectivity index is 1.55. The van der Waals surface area contributed by atoms with Gasteiger partial charge in [-0.2, -0.15) is 0 Å². The van der Waals surface area contributed by atoms with E-state index >= 15 is 0 Å². The summed E-state index contributed by atoms with van der Waals surface area (Å²) in [5.41, 5.74) is 1.92. The third-order valence-corrected chi connectivity index (χ3v) is 6.82. The molecule has 0 unspecified atom stereocenters. The van der Waals surface area contributed by atoms with Gasteiger partial charge in [0.05, 0.1) is 17.4 Å². The first kappa shape index (κ1) is 18.6. The van der Waals surface area contributed by atoms with Crippen molar-refractivity contribution >= 4 is 27.2 Å². The quantitative estimate of drug-likeness (QED) is 0.743. The number of hydrogen-bond donors (Lipinski definition) is 0. The maximum atomic E-state index is 12.5. The molecule has 0 aliphatic carbocycles. The summed E-state index contributed by atoms with van der Waals surface area (Å²) < 4.78 is 23.1. The Bertz CT molecular complexity index is 809. The van der Waals surface area contributed by atoms with Crippen LogP contribution in [-0.4, -0.2) is 67.7 Å².